The van der Waals surface area contributed by atoms with Crippen LogP contribution in [0.3, 0.4) is 0 Å². The van der Waals surface area contributed by atoms with Gasteiger partial charge in [0.1, 0.15) is 23.4 Å². The van der Waals surface area contributed by atoms with E-state index in [9.17, 15) is 29.4 Å². The van der Waals surface area contributed by atoms with Gasteiger partial charge in [-0.1, -0.05) is 19.9 Å². The second kappa shape index (κ2) is 11.3. The van der Waals surface area contributed by atoms with Crippen LogP contribution < -0.4 is 0 Å². The Balaban J connectivity index is 2.30. The van der Waals surface area contributed by atoms with Gasteiger partial charge in [-0.3, -0.25) is 14.4 Å². The fourth-order valence-corrected chi connectivity index (χ4v) is 6.11. The molecule has 224 valence electrons. The van der Waals surface area contributed by atoms with Crippen LogP contribution in [0.2, 0.25) is 0 Å². The maximum Gasteiger partial charge on any atom is 0.334 e. The van der Waals surface area contributed by atoms with E-state index in [1.165, 1.54) is 20.8 Å². The quantitative estimate of drug-likeness (QED) is 0.202. The van der Waals surface area contributed by atoms with Crippen molar-refractivity contribution in [3.63, 3.8) is 0 Å². The zero-order chi connectivity index (χ0) is 30.4. The lowest BCUT2D eigenvalue weighted by molar-refractivity contribution is -0.213. The van der Waals surface area contributed by atoms with E-state index in [1.54, 1.807) is 40.7 Å². The molecule has 0 amide bonds. The summed E-state index contributed by atoms with van der Waals surface area (Å²) >= 11 is 0. The molecule has 0 aromatic carbocycles. The summed E-state index contributed by atoms with van der Waals surface area (Å²) in [6.45, 7) is 13.4. The number of hydrogen-bond acceptors (Lipinski definition) is 11. The molecular formula is C29H42O11. The van der Waals surface area contributed by atoms with Gasteiger partial charge in [-0.25, -0.2) is 4.79 Å². The number of carbonyl (C=O) groups excluding carboxylic acids is 4. The number of fused-ring (bicyclic) bond motifs is 3. The number of ether oxygens (including phenoxy) is 5. The summed E-state index contributed by atoms with van der Waals surface area (Å²) in [6, 6.07) is 0. The Bertz CT molecular complexity index is 1120. The molecule has 0 radical (unpaired) electrons. The van der Waals surface area contributed by atoms with E-state index in [0.29, 0.717) is 23.1 Å². The van der Waals surface area contributed by atoms with Gasteiger partial charge in [-0.15, -0.1) is 0 Å². The highest BCUT2D eigenvalue weighted by Crippen LogP contribution is 2.57. The Kier molecular flexibility index (Phi) is 8.94. The van der Waals surface area contributed by atoms with Gasteiger partial charge in [0.05, 0.1) is 18.4 Å². The minimum Gasteiger partial charge on any atom is -0.459 e. The summed E-state index contributed by atoms with van der Waals surface area (Å²) in [7, 11) is 0. The van der Waals surface area contributed by atoms with Crippen molar-refractivity contribution in [2.75, 3.05) is 6.61 Å². The van der Waals surface area contributed by atoms with Crippen LogP contribution in [0.25, 0.3) is 0 Å². The molecule has 2 N–H and O–H groups in total. The van der Waals surface area contributed by atoms with Crippen LogP contribution in [0.4, 0.5) is 0 Å². The van der Waals surface area contributed by atoms with Crippen molar-refractivity contribution < 1.29 is 53.1 Å². The number of rotatable bonds is 7. The molecule has 11 nitrogen and oxygen atoms in total. The Hall–Kier alpha value is -2.76. The lowest BCUT2D eigenvalue weighted by atomic mass is 9.75. The summed E-state index contributed by atoms with van der Waals surface area (Å²) < 4.78 is 29.3. The smallest absolute Gasteiger partial charge is 0.334 e. The van der Waals surface area contributed by atoms with E-state index in [4.69, 9.17) is 23.7 Å². The van der Waals surface area contributed by atoms with E-state index in [1.807, 2.05) is 6.92 Å². The van der Waals surface area contributed by atoms with Crippen LogP contribution in [0, 0.1) is 11.8 Å². The Morgan fingerprint density at radius 2 is 1.70 bits per heavy atom. The fourth-order valence-electron chi connectivity index (χ4n) is 6.11. The zero-order valence-corrected chi connectivity index (χ0v) is 24.7. The molecule has 3 aliphatic rings. The first-order chi connectivity index (χ1) is 18.4. The third kappa shape index (κ3) is 5.31. The average Bonchev–Trinajstić information content (AvgIpc) is 3.22. The maximum atomic E-state index is 13.0. The molecule has 3 rings (SSSR count). The molecule has 0 bridgehead atoms. The summed E-state index contributed by atoms with van der Waals surface area (Å²) in [6.07, 6.45) is -3.16. The van der Waals surface area contributed by atoms with Crippen molar-refractivity contribution in [1.29, 1.82) is 0 Å². The molecule has 2 aliphatic carbocycles. The Labute approximate surface area is 234 Å². The number of aliphatic hydroxyl groups is 2. The monoisotopic (exact) mass is 566 g/mol. The van der Waals surface area contributed by atoms with Crippen molar-refractivity contribution in [2.45, 2.75) is 116 Å². The molecule has 2 fully saturated rings. The second-order valence-electron chi connectivity index (χ2n) is 11.6. The number of carbonyl (C=O) groups is 4. The molecule has 11 heteroatoms. The zero-order valence-electron chi connectivity index (χ0n) is 24.7. The largest absolute Gasteiger partial charge is 0.459 e. The normalized spacial score (nSPS) is 38.1. The van der Waals surface area contributed by atoms with Crippen molar-refractivity contribution in [1.82, 2.24) is 0 Å². The maximum absolute atomic E-state index is 13.0. The summed E-state index contributed by atoms with van der Waals surface area (Å²) in [4.78, 5) is 50.7. The fraction of sp³-hybridized carbons (Fsp3) is 0.724. The van der Waals surface area contributed by atoms with Gasteiger partial charge < -0.3 is 33.9 Å². The van der Waals surface area contributed by atoms with Crippen LogP contribution in [0.15, 0.2) is 22.8 Å². The van der Waals surface area contributed by atoms with E-state index < -0.39 is 76.9 Å². The van der Waals surface area contributed by atoms with Gasteiger partial charge in [0, 0.05) is 25.8 Å². The number of hydrogen-bond donors (Lipinski definition) is 2. The van der Waals surface area contributed by atoms with Gasteiger partial charge >= 0.3 is 23.9 Å². The summed E-state index contributed by atoms with van der Waals surface area (Å²) in [5, 5.41) is 23.8. The molecular weight excluding hydrogens is 524 g/mol. The highest BCUT2D eigenvalue weighted by Gasteiger charge is 2.72. The molecule has 1 heterocycles. The molecule has 0 aromatic rings. The Morgan fingerprint density at radius 1 is 1.07 bits per heavy atom. The van der Waals surface area contributed by atoms with Crippen LogP contribution in [0.1, 0.15) is 75.2 Å². The van der Waals surface area contributed by atoms with Gasteiger partial charge in [0.2, 0.25) is 0 Å². The molecule has 1 saturated carbocycles. The van der Waals surface area contributed by atoms with Crippen molar-refractivity contribution in [3.8, 4) is 0 Å². The first kappa shape index (κ1) is 31.8. The predicted octanol–water partition coefficient (Wildman–Crippen LogP) is 2.31. The summed E-state index contributed by atoms with van der Waals surface area (Å²) in [5.41, 5.74) is -4.58. The second-order valence-corrected chi connectivity index (χ2v) is 11.6. The minimum absolute atomic E-state index is 0.269. The predicted molar refractivity (Wildman–Crippen MR) is 140 cm³/mol. The number of allylic oxidation sites excluding steroid dienone is 1. The van der Waals surface area contributed by atoms with Gasteiger partial charge in [0.15, 0.2) is 17.8 Å². The summed E-state index contributed by atoms with van der Waals surface area (Å²) in [5.74, 6) is -4.09. The van der Waals surface area contributed by atoms with Gasteiger partial charge in [-0.2, -0.15) is 0 Å². The van der Waals surface area contributed by atoms with Crippen LogP contribution in [-0.4, -0.2) is 81.9 Å². The third-order valence-electron chi connectivity index (χ3n) is 8.60. The molecule has 9 atom stereocenters. The van der Waals surface area contributed by atoms with Crippen LogP contribution in [-0.2, 0) is 42.9 Å². The van der Waals surface area contributed by atoms with Crippen LogP contribution in [0.5, 0.6) is 0 Å². The third-order valence-corrected chi connectivity index (χ3v) is 8.60. The first-order valence-electron chi connectivity index (χ1n) is 13.6. The molecule has 0 aromatic heterocycles. The van der Waals surface area contributed by atoms with E-state index in [0.717, 1.165) is 0 Å². The lowest BCUT2D eigenvalue weighted by Crippen LogP contribution is -2.64. The SMILES string of the molecule is C/C=C(/C)C(=O)O[C@H]1C(C)=C2[C@H]([C@@H]1OC(C)=O)[C@@](C)(OC(C)=O)C[C@H](OC(=O)[C@@H](C)CC)[C@@]1(O)[C@H]2OC[C@@]1(C)O. The lowest BCUT2D eigenvalue weighted by Gasteiger charge is -2.43. The first-order valence-corrected chi connectivity index (χ1v) is 13.6. The van der Waals surface area contributed by atoms with Gasteiger partial charge in [-0.05, 0) is 52.2 Å². The topological polar surface area (TPSA) is 155 Å². The standard InChI is InChI=1S/C29H42O11/c1-10-14(3)25(32)38-19-12-27(8,40-18(7)31)21-20(24-29(19,35)28(9,34)13-36-24)16(5)22(23(21)37-17(6)30)39-26(33)15(4)11-2/h11,14,19,21-24,34-35H,10,12-13H2,1-9H3/b15-11-/t14-,19-,21+,22-,23-,24-,27-,28+,29+/m0/s1. The molecule has 0 spiro atoms. The molecule has 0 unspecified atom stereocenters. The number of esters is 4. The van der Waals surface area contributed by atoms with Gasteiger partial charge in [0.25, 0.3) is 0 Å². The van der Waals surface area contributed by atoms with Crippen molar-refractivity contribution in [2.24, 2.45) is 11.8 Å². The molecule has 1 saturated heterocycles. The highest BCUT2D eigenvalue weighted by molar-refractivity contribution is 5.88. The molecule has 1 aliphatic heterocycles. The molecule has 40 heavy (non-hydrogen) atoms. The van der Waals surface area contributed by atoms with Crippen molar-refractivity contribution in [3.05, 3.63) is 22.8 Å². The van der Waals surface area contributed by atoms with E-state index in [-0.39, 0.29) is 13.0 Å². The average molecular weight is 567 g/mol. The highest BCUT2D eigenvalue weighted by atomic mass is 16.6. The van der Waals surface area contributed by atoms with E-state index >= 15 is 0 Å². The van der Waals surface area contributed by atoms with E-state index in [2.05, 4.69) is 0 Å². The van der Waals surface area contributed by atoms with Crippen LogP contribution >= 0.6 is 0 Å². The Morgan fingerprint density at radius 3 is 2.23 bits per heavy atom. The van der Waals surface area contributed by atoms with Crippen molar-refractivity contribution >= 4 is 23.9 Å². The minimum atomic E-state index is -2.19.